The molecule has 0 heterocycles. The Hall–Kier alpha value is -1.22. The van der Waals surface area contributed by atoms with Crippen LogP contribution >= 0.6 is 0 Å². The fraction of sp³-hybridized carbons (Fsp3) is 0.778. The van der Waals surface area contributed by atoms with Gasteiger partial charge in [0.2, 0.25) is 0 Å². The van der Waals surface area contributed by atoms with E-state index in [9.17, 15) is 9.59 Å². The van der Waals surface area contributed by atoms with Gasteiger partial charge < -0.3 is 30.6 Å². The molecule has 0 saturated carbocycles. The van der Waals surface area contributed by atoms with Crippen LogP contribution in [0.15, 0.2) is 0 Å². The molecule has 0 aromatic carbocycles. The van der Waals surface area contributed by atoms with Crippen LogP contribution in [-0.4, -0.2) is 68.5 Å². The van der Waals surface area contributed by atoms with Gasteiger partial charge in [-0.2, -0.15) is 0 Å². The van der Waals surface area contributed by atoms with E-state index >= 15 is 0 Å². The van der Waals surface area contributed by atoms with Gasteiger partial charge in [0.15, 0.2) is 0 Å². The molecule has 0 saturated heterocycles. The Balaban J connectivity index is -0.000000188. The number of carboxylic acid groups (broad SMARTS) is 2. The Morgan fingerprint density at radius 1 is 0.941 bits per heavy atom. The van der Waals surface area contributed by atoms with E-state index in [1.807, 2.05) is 0 Å². The Labute approximate surface area is 98.8 Å². The van der Waals surface area contributed by atoms with Crippen LogP contribution in [0.1, 0.15) is 19.8 Å². The topological polar surface area (TPSA) is 156 Å². The number of carbonyl (C=O) groups is 2. The minimum atomic E-state index is -1.08. The monoisotopic (exact) mass is 256 g/mol. The van der Waals surface area contributed by atoms with Crippen LogP contribution in [0.4, 0.5) is 0 Å². The molecule has 0 rings (SSSR count). The SMILES string of the molecule is CC(O)CO.O=C(O)CCC(=O)O.OCCO. The standard InChI is InChI=1S/C4H6O4.C3H8O2.C2H6O2/c5-3(6)1-2-4(7)8;1-3(5)2-4;3-1-2-4/h1-2H2,(H,5,6)(H,7,8);3-5H,2H2,1H3;3-4H,1-2H2. The molecule has 8 heteroatoms. The average Bonchev–Trinajstić information content (AvgIpc) is 2.27. The third-order valence-corrected chi connectivity index (χ3v) is 0.917. The maximum atomic E-state index is 9.64. The summed E-state index contributed by atoms with van der Waals surface area (Å²) in [6.07, 6.45) is -1.15. The van der Waals surface area contributed by atoms with Gasteiger partial charge in [0.1, 0.15) is 0 Å². The Kier molecular flexibility index (Phi) is 21.3. The van der Waals surface area contributed by atoms with Crippen molar-refractivity contribution < 1.29 is 40.2 Å². The lowest BCUT2D eigenvalue weighted by molar-refractivity contribution is -0.143. The third-order valence-electron chi connectivity index (χ3n) is 0.917. The second kappa shape index (κ2) is 17.2. The Bertz CT molecular complexity index is 164. The quantitative estimate of drug-likeness (QED) is 0.339. The van der Waals surface area contributed by atoms with Crippen molar-refractivity contribution in [1.29, 1.82) is 0 Å². The number of hydrogen-bond donors (Lipinski definition) is 6. The summed E-state index contributed by atoms with van der Waals surface area (Å²) in [7, 11) is 0. The molecule has 0 aromatic heterocycles. The molecule has 0 aliphatic heterocycles. The maximum absolute atomic E-state index is 9.64. The highest BCUT2D eigenvalue weighted by molar-refractivity contribution is 5.75. The van der Waals surface area contributed by atoms with Crippen LogP contribution in [0.3, 0.4) is 0 Å². The van der Waals surface area contributed by atoms with E-state index in [0.29, 0.717) is 0 Å². The summed E-state index contributed by atoms with van der Waals surface area (Å²) in [4.78, 5) is 19.3. The van der Waals surface area contributed by atoms with Crippen molar-refractivity contribution in [1.82, 2.24) is 0 Å². The summed E-state index contributed by atoms with van der Waals surface area (Å²) in [5, 5.41) is 47.1. The number of aliphatic hydroxyl groups excluding tert-OH is 4. The number of rotatable bonds is 5. The molecule has 17 heavy (non-hydrogen) atoms. The van der Waals surface area contributed by atoms with Crippen molar-refractivity contribution in [2.45, 2.75) is 25.9 Å². The van der Waals surface area contributed by atoms with Crippen LogP contribution in [0.2, 0.25) is 0 Å². The van der Waals surface area contributed by atoms with Crippen LogP contribution in [0, 0.1) is 0 Å². The first-order valence-electron chi connectivity index (χ1n) is 4.76. The van der Waals surface area contributed by atoms with Crippen molar-refractivity contribution >= 4 is 11.9 Å². The second-order valence-electron chi connectivity index (χ2n) is 2.77. The fourth-order valence-corrected chi connectivity index (χ4v) is 0.214. The molecule has 8 nitrogen and oxygen atoms in total. The van der Waals surface area contributed by atoms with Gasteiger partial charge in [0, 0.05) is 0 Å². The molecule has 104 valence electrons. The molecule has 6 N–H and O–H groups in total. The number of hydrogen-bond acceptors (Lipinski definition) is 6. The van der Waals surface area contributed by atoms with Gasteiger partial charge in [-0.15, -0.1) is 0 Å². The van der Waals surface area contributed by atoms with Crippen molar-refractivity contribution in [3.8, 4) is 0 Å². The normalized spacial score (nSPS) is 10.2. The number of aliphatic carboxylic acids is 2. The highest BCUT2D eigenvalue weighted by Crippen LogP contribution is 1.86. The summed E-state index contributed by atoms with van der Waals surface area (Å²) < 4.78 is 0. The molecule has 1 unspecified atom stereocenters. The first kappa shape index (κ1) is 21.1. The summed E-state index contributed by atoms with van der Waals surface area (Å²) in [5.74, 6) is -2.15. The van der Waals surface area contributed by atoms with Crippen molar-refractivity contribution in [3.63, 3.8) is 0 Å². The van der Waals surface area contributed by atoms with E-state index in [0.717, 1.165) is 0 Å². The van der Waals surface area contributed by atoms with E-state index in [1.54, 1.807) is 0 Å². The van der Waals surface area contributed by atoms with Gasteiger partial charge in [-0.1, -0.05) is 0 Å². The molecular weight excluding hydrogens is 236 g/mol. The molecule has 0 spiro atoms. The van der Waals surface area contributed by atoms with E-state index in [2.05, 4.69) is 0 Å². The van der Waals surface area contributed by atoms with Gasteiger partial charge in [0.25, 0.3) is 0 Å². The molecule has 0 aliphatic carbocycles. The third kappa shape index (κ3) is 52.5. The van der Waals surface area contributed by atoms with Gasteiger partial charge in [-0.25, -0.2) is 0 Å². The lowest BCUT2D eigenvalue weighted by Gasteiger charge is -1.90. The zero-order valence-electron chi connectivity index (χ0n) is 9.61. The summed E-state index contributed by atoms with van der Waals surface area (Å²) >= 11 is 0. The lowest BCUT2D eigenvalue weighted by Crippen LogP contribution is -2.03. The summed E-state index contributed by atoms with van der Waals surface area (Å²) in [5.41, 5.74) is 0. The van der Waals surface area contributed by atoms with E-state index in [-0.39, 0.29) is 32.7 Å². The Morgan fingerprint density at radius 2 is 1.18 bits per heavy atom. The highest BCUT2D eigenvalue weighted by Gasteiger charge is 2.00. The molecule has 0 amide bonds. The molecule has 0 fully saturated rings. The van der Waals surface area contributed by atoms with Gasteiger partial charge in [0.05, 0.1) is 38.8 Å². The van der Waals surface area contributed by atoms with Crippen molar-refractivity contribution in [2.75, 3.05) is 19.8 Å². The van der Waals surface area contributed by atoms with Crippen LogP contribution in [-0.2, 0) is 9.59 Å². The molecule has 0 bridgehead atoms. The minimum Gasteiger partial charge on any atom is -0.481 e. The largest absolute Gasteiger partial charge is 0.481 e. The highest BCUT2D eigenvalue weighted by atomic mass is 16.4. The lowest BCUT2D eigenvalue weighted by atomic mass is 10.3. The fourth-order valence-electron chi connectivity index (χ4n) is 0.214. The average molecular weight is 256 g/mol. The summed E-state index contributed by atoms with van der Waals surface area (Å²) in [6.45, 7) is 1.14. The first-order chi connectivity index (χ1) is 7.81. The van der Waals surface area contributed by atoms with E-state index < -0.39 is 18.0 Å². The first-order valence-corrected chi connectivity index (χ1v) is 4.76. The van der Waals surface area contributed by atoms with E-state index in [1.165, 1.54) is 6.92 Å². The van der Waals surface area contributed by atoms with Gasteiger partial charge in [-0.3, -0.25) is 9.59 Å². The zero-order valence-corrected chi connectivity index (χ0v) is 9.61. The summed E-state index contributed by atoms with van der Waals surface area (Å²) in [6, 6.07) is 0. The Morgan fingerprint density at radius 3 is 1.24 bits per heavy atom. The maximum Gasteiger partial charge on any atom is 0.303 e. The second-order valence-corrected chi connectivity index (χ2v) is 2.77. The molecule has 0 radical (unpaired) electrons. The van der Waals surface area contributed by atoms with Crippen LogP contribution in [0.25, 0.3) is 0 Å². The number of carboxylic acids is 2. The van der Waals surface area contributed by atoms with Gasteiger partial charge >= 0.3 is 11.9 Å². The molecule has 1 atom stereocenters. The van der Waals surface area contributed by atoms with E-state index in [4.69, 9.17) is 30.6 Å². The van der Waals surface area contributed by atoms with Crippen molar-refractivity contribution in [2.24, 2.45) is 0 Å². The van der Waals surface area contributed by atoms with Crippen LogP contribution < -0.4 is 0 Å². The molecular formula is C9H20O8. The predicted octanol–water partition coefficient (Wildman–Crippen LogP) is -1.73. The molecule has 0 aromatic rings. The smallest absolute Gasteiger partial charge is 0.303 e. The number of aliphatic hydroxyl groups is 4. The van der Waals surface area contributed by atoms with Gasteiger partial charge in [-0.05, 0) is 6.92 Å². The van der Waals surface area contributed by atoms with Crippen LogP contribution in [0.5, 0.6) is 0 Å². The molecule has 0 aliphatic rings. The van der Waals surface area contributed by atoms with Crippen molar-refractivity contribution in [3.05, 3.63) is 0 Å². The minimum absolute atomic E-state index is 0.125. The predicted molar refractivity (Wildman–Crippen MR) is 57.4 cm³/mol. The zero-order chi connectivity index (χ0) is 14.3.